The summed E-state index contributed by atoms with van der Waals surface area (Å²) >= 11 is 0. The first kappa shape index (κ1) is 44.2. The summed E-state index contributed by atoms with van der Waals surface area (Å²) in [5, 5.41) is 5.54. The van der Waals surface area contributed by atoms with Crippen LogP contribution in [-0.2, 0) is 23.9 Å². The van der Waals surface area contributed by atoms with Gasteiger partial charge in [-0.25, -0.2) is 4.79 Å². The molecule has 1 heterocycles. The molecule has 5 saturated carbocycles. The number of amides is 3. The minimum absolute atomic E-state index is 0.00504. The smallest absolute Gasteiger partial charge is 0.407 e. The molecule has 9 nitrogen and oxygen atoms in total. The number of carbonyl (C=O) groups is 4. The first-order valence-electron chi connectivity index (χ1n) is 23.2. The van der Waals surface area contributed by atoms with E-state index in [-0.39, 0.29) is 65.2 Å². The van der Waals surface area contributed by atoms with Crippen LogP contribution in [0, 0.1) is 55.7 Å². The molecule has 6 rings (SSSR count). The number of nitrogens with one attached hydrogen (secondary N) is 2. The van der Waals surface area contributed by atoms with E-state index in [0.29, 0.717) is 53.5 Å². The third-order valence-corrected chi connectivity index (χ3v) is 19.5. The average Bonchev–Trinajstić information content (AvgIpc) is 3.52. The fraction of sp³-hybridized carbons (Fsp3) is 0.917. The number of likely N-dealkylation sites (tertiary alicyclic amines) is 1. The number of ether oxygens (including phenoxy) is 2. The monoisotopic (exact) mass is 796 g/mol. The molecule has 0 aromatic carbocycles. The molecule has 0 radical (unpaired) electrons. The number of unbranched alkanes of at least 4 members (excludes halogenated alkanes) is 2. The van der Waals surface area contributed by atoms with Gasteiger partial charge in [0.15, 0.2) is 0 Å². The van der Waals surface area contributed by atoms with Crippen molar-refractivity contribution in [2.24, 2.45) is 55.7 Å². The predicted molar refractivity (Wildman–Crippen MR) is 225 cm³/mol. The van der Waals surface area contributed by atoms with Crippen LogP contribution in [0.1, 0.15) is 185 Å². The number of alkyl carbamates (subject to hydrolysis) is 1. The molecule has 1 saturated heterocycles. The molecule has 3 amide bonds. The van der Waals surface area contributed by atoms with E-state index in [2.05, 4.69) is 72.9 Å². The lowest BCUT2D eigenvalue weighted by Crippen LogP contribution is -2.71. The maximum absolute atomic E-state index is 13.2. The van der Waals surface area contributed by atoms with Crippen LogP contribution in [0.4, 0.5) is 4.79 Å². The number of carbonyl (C=O) groups excluding carboxylic acids is 4. The van der Waals surface area contributed by atoms with Crippen molar-refractivity contribution in [1.29, 1.82) is 0 Å². The van der Waals surface area contributed by atoms with Gasteiger partial charge in [0.1, 0.15) is 12.2 Å². The summed E-state index contributed by atoms with van der Waals surface area (Å²) in [6.45, 7) is 26.4. The number of fused-ring (bicyclic) bond motifs is 7. The minimum Gasteiger partial charge on any atom is -0.460 e. The number of rotatable bonds is 11. The van der Waals surface area contributed by atoms with Gasteiger partial charge < -0.3 is 25.0 Å². The van der Waals surface area contributed by atoms with Gasteiger partial charge in [0.05, 0.1) is 13.0 Å². The Bertz CT molecular complexity index is 1530. The molecule has 0 bridgehead atoms. The third-order valence-electron chi connectivity index (χ3n) is 19.5. The Morgan fingerprint density at radius 2 is 1.35 bits per heavy atom. The SMILES string of the molecule is CNC(=O)CCC(=O)O[C@@H]1C[C@@H](C)N(C(=O)CCCCCNC(=O)O[C@H]2CC[C@]3(C)[C@](C)(CC[C@H]4[C@@]3(C)CC[C@@]3(C)[C@@H]5CC(C)(C)CC[C@]5(C)CC[C@]43C)[C@H]2C)C1. The van der Waals surface area contributed by atoms with E-state index in [1.807, 2.05) is 11.8 Å². The Hall–Kier alpha value is -2.32. The molecule has 0 aromatic heterocycles. The number of hydrogen-bond donors (Lipinski definition) is 2. The summed E-state index contributed by atoms with van der Waals surface area (Å²) < 4.78 is 11.8. The van der Waals surface area contributed by atoms with Gasteiger partial charge in [0, 0.05) is 38.9 Å². The third kappa shape index (κ3) is 7.67. The lowest BCUT2D eigenvalue weighted by atomic mass is 9.27. The van der Waals surface area contributed by atoms with Crippen molar-refractivity contribution in [3.8, 4) is 0 Å². The summed E-state index contributed by atoms with van der Waals surface area (Å²) in [5.41, 5.74) is 2.24. The second-order valence-corrected chi connectivity index (χ2v) is 22.6. The minimum atomic E-state index is -0.403. The van der Waals surface area contributed by atoms with Gasteiger partial charge in [-0.15, -0.1) is 0 Å². The molecular weight excluding hydrogens is 715 g/mol. The van der Waals surface area contributed by atoms with E-state index in [1.54, 1.807) is 7.05 Å². The Labute approximate surface area is 346 Å². The second-order valence-electron chi connectivity index (χ2n) is 22.6. The highest BCUT2D eigenvalue weighted by Crippen LogP contribution is 2.81. The Morgan fingerprint density at radius 3 is 2.07 bits per heavy atom. The van der Waals surface area contributed by atoms with Crippen molar-refractivity contribution in [2.45, 2.75) is 203 Å². The molecule has 6 fully saturated rings. The molecule has 0 unspecified atom stereocenters. The van der Waals surface area contributed by atoms with E-state index < -0.39 is 5.97 Å². The molecule has 5 aliphatic carbocycles. The molecule has 9 heteroatoms. The molecule has 2 N–H and O–H groups in total. The van der Waals surface area contributed by atoms with Crippen molar-refractivity contribution < 1.29 is 28.7 Å². The maximum atomic E-state index is 13.2. The highest BCUT2D eigenvalue weighted by molar-refractivity contribution is 5.81. The zero-order valence-corrected chi connectivity index (χ0v) is 38.0. The molecule has 0 aromatic rings. The van der Waals surface area contributed by atoms with Gasteiger partial charge in [0.2, 0.25) is 11.8 Å². The molecule has 57 heavy (non-hydrogen) atoms. The zero-order valence-electron chi connectivity index (χ0n) is 38.0. The van der Waals surface area contributed by atoms with Gasteiger partial charge in [-0.1, -0.05) is 68.7 Å². The highest BCUT2D eigenvalue weighted by Gasteiger charge is 2.74. The van der Waals surface area contributed by atoms with Gasteiger partial charge in [-0.2, -0.15) is 0 Å². The normalized spacial score (nSPS) is 43.4. The van der Waals surface area contributed by atoms with Crippen LogP contribution in [0.25, 0.3) is 0 Å². The van der Waals surface area contributed by atoms with E-state index in [1.165, 1.54) is 57.8 Å². The molecule has 0 spiro atoms. The van der Waals surface area contributed by atoms with Gasteiger partial charge in [-0.3, -0.25) is 14.4 Å². The quantitative estimate of drug-likeness (QED) is 0.159. The summed E-state index contributed by atoms with van der Waals surface area (Å²) in [6.07, 6.45) is 17.0. The van der Waals surface area contributed by atoms with Crippen molar-refractivity contribution in [2.75, 3.05) is 20.1 Å². The van der Waals surface area contributed by atoms with E-state index in [4.69, 9.17) is 9.47 Å². The Morgan fingerprint density at radius 1 is 0.684 bits per heavy atom. The van der Waals surface area contributed by atoms with E-state index >= 15 is 0 Å². The van der Waals surface area contributed by atoms with Crippen LogP contribution < -0.4 is 10.6 Å². The van der Waals surface area contributed by atoms with Crippen molar-refractivity contribution in [3.63, 3.8) is 0 Å². The van der Waals surface area contributed by atoms with Gasteiger partial charge in [0.25, 0.3) is 0 Å². The van der Waals surface area contributed by atoms with Crippen molar-refractivity contribution in [3.05, 3.63) is 0 Å². The maximum Gasteiger partial charge on any atom is 0.407 e. The standard InChI is InChI=1S/C48H81N3O6/c1-32-29-34(56-40(54)17-16-38(52)49-11)31-51(32)39(53)15-13-12-14-28-50-41(55)57-35-18-21-48(10)44(6,33(35)2)20-19-36-45(7)25-24-43(5)23-22-42(3,4)30-37(43)46(45,8)26-27-47(36,48)9/h32-37H,12-31H2,1-11H3,(H,49,52)(H,50,55)/t32-,33+,34-,35+,36-,37-,43-,44-,45-,46+,47-,48-/m1/s1. The molecule has 6 aliphatic rings. The Kier molecular flexibility index (Phi) is 12.4. The van der Waals surface area contributed by atoms with Gasteiger partial charge >= 0.3 is 12.1 Å². The van der Waals surface area contributed by atoms with Crippen molar-refractivity contribution in [1.82, 2.24) is 15.5 Å². The number of nitrogens with zero attached hydrogens (tertiary/aromatic N) is 1. The predicted octanol–water partition coefficient (Wildman–Crippen LogP) is 9.99. The number of esters is 1. The lowest BCUT2D eigenvalue weighted by Gasteiger charge is -2.77. The average molecular weight is 796 g/mol. The van der Waals surface area contributed by atoms with Crippen LogP contribution >= 0.6 is 0 Å². The summed E-state index contributed by atoms with van der Waals surface area (Å²) in [4.78, 5) is 51.6. The highest BCUT2D eigenvalue weighted by atomic mass is 16.6. The van der Waals surface area contributed by atoms with Crippen molar-refractivity contribution >= 4 is 23.9 Å². The lowest BCUT2D eigenvalue weighted by molar-refractivity contribution is -0.291. The largest absolute Gasteiger partial charge is 0.460 e. The molecule has 324 valence electrons. The topological polar surface area (TPSA) is 114 Å². The first-order valence-corrected chi connectivity index (χ1v) is 23.2. The summed E-state index contributed by atoms with van der Waals surface area (Å²) in [6, 6.07) is 0.00504. The fourth-order valence-corrected chi connectivity index (χ4v) is 15.0. The number of hydrogen-bond acceptors (Lipinski definition) is 6. The fourth-order valence-electron chi connectivity index (χ4n) is 15.0. The summed E-state index contributed by atoms with van der Waals surface area (Å²) in [5.74, 6) is 1.30. The molecule has 1 aliphatic heterocycles. The van der Waals surface area contributed by atoms with E-state index in [9.17, 15) is 19.2 Å². The van der Waals surface area contributed by atoms with Crippen LogP contribution in [0.15, 0.2) is 0 Å². The molecule has 12 atom stereocenters. The van der Waals surface area contributed by atoms with E-state index in [0.717, 1.165) is 43.9 Å². The Balaban J connectivity index is 0.963. The van der Waals surface area contributed by atoms with Crippen LogP contribution in [-0.4, -0.2) is 67.2 Å². The van der Waals surface area contributed by atoms with Crippen LogP contribution in [0.2, 0.25) is 0 Å². The van der Waals surface area contributed by atoms with Gasteiger partial charge in [-0.05, 0) is 146 Å². The first-order chi connectivity index (χ1) is 26.6. The van der Waals surface area contributed by atoms with Crippen LogP contribution in [0.3, 0.4) is 0 Å². The second kappa shape index (κ2) is 15.9. The zero-order chi connectivity index (χ0) is 41.8. The summed E-state index contributed by atoms with van der Waals surface area (Å²) in [7, 11) is 1.54. The van der Waals surface area contributed by atoms with Crippen LogP contribution in [0.5, 0.6) is 0 Å². The molecular formula is C48H81N3O6.